The maximum absolute atomic E-state index is 12.9. The van der Waals surface area contributed by atoms with Crippen LogP contribution in [0.5, 0.6) is 0 Å². The van der Waals surface area contributed by atoms with Gasteiger partial charge in [0.2, 0.25) is 5.91 Å². The summed E-state index contributed by atoms with van der Waals surface area (Å²) in [6.07, 6.45) is 1.63. The molecule has 1 atom stereocenters. The molecule has 0 radical (unpaired) electrons. The third-order valence-corrected chi connectivity index (χ3v) is 7.22. The monoisotopic (exact) mass is 438 g/mol. The molecule has 3 rings (SSSR count). The zero-order valence-electron chi connectivity index (χ0n) is 15.8. The van der Waals surface area contributed by atoms with Crippen molar-refractivity contribution in [3.63, 3.8) is 0 Å². The van der Waals surface area contributed by atoms with E-state index >= 15 is 0 Å². The molecule has 1 unspecified atom stereocenters. The molecule has 1 aromatic carbocycles. The molecule has 7 heteroatoms. The molecule has 2 aliphatic heterocycles. The van der Waals surface area contributed by atoms with Crippen molar-refractivity contribution in [1.29, 1.82) is 0 Å². The molecule has 2 heterocycles. The van der Waals surface area contributed by atoms with Crippen LogP contribution in [-0.4, -0.2) is 55.6 Å². The van der Waals surface area contributed by atoms with Gasteiger partial charge in [0, 0.05) is 37.8 Å². The molecule has 2 aliphatic rings. The lowest BCUT2D eigenvalue weighted by atomic mass is 10.0. The molecule has 0 saturated carbocycles. The van der Waals surface area contributed by atoms with Crippen LogP contribution in [0, 0.1) is 0 Å². The molecule has 0 bridgehead atoms. The number of likely N-dealkylation sites (tertiary alicyclic amines) is 1. The van der Waals surface area contributed by atoms with Crippen molar-refractivity contribution in [2.45, 2.75) is 51.1 Å². The van der Waals surface area contributed by atoms with Crippen molar-refractivity contribution in [3.8, 4) is 0 Å². The SMILES string of the molecule is C[Si](C)(C)CCOCN1CCCC(N2Cc3cc(Br)ccc3C2=O)C1=O. The van der Waals surface area contributed by atoms with Gasteiger partial charge in [0.25, 0.3) is 5.91 Å². The van der Waals surface area contributed by atoms with Crippen LogP contribution in [0.3, 0.4) is 0 Å². The quantitative estimate of drug-likeness (QED) is 0.502. The number of halogens is 1. The summed E-state index contributed by atoms with van der Waals surface area (Å²) in [4.78, 5) is 29.2. The number of carbonyl (C=O) groups excluding carboxylic acids is 2. The molecule has 142 valence electrons. The molecular formula is C19H27BrN2O3Si. The number of fused-ring (bicyclic) bond motifs is 1. The minimum atomic E-state index is -1.13. The second-order valence-electron chi connectivity index (χ2n) is 8.34. The smallest absolute Gasteiger partial charge is 0.255 e. The van der Waals surface area contributed by atoms with Gasteiger partial charge in [0.05, 0.1) is 0 Å². The highest BCUT2D eigenvalue weighted by atomic mass is 79.9. The minimum Gasteiger partial charge on any atom is -0.361 e. The summed E-state index contributed by atoms with van der Waals surface area (Å²) in [5, 5.41) is 0. The fourth-order valence-electron chi connectivity index (χ4n) is 3.45. The number of hydrogen-bond acceptors (Lipinski definition) is 3. The van der Waals surface area contributed by atoms with Crippen LogP contribution in [0.4, 0.5) is 0 Å². The van der Waals surface area contributed by atoms with Crippen molar-refractivity contribution in [2.24, 2.45) is 0 Å². The van der Waals surface area contributed by atoms with Crippen molar-refractivity contribution in [2.75, 3.05) is 19.9 Å². The fraction of sp³-hybridized carbons (Fsp3) is 0.579. The van der Waals surface area contributed by atoms with Gasteiger partial charge in [-0.25, -0.2) is 0 Å². The molecule has 1 saturated heterocycles. The number of amides is 2. The Labute approximate surface area is 164 Å². The van der Waals surface area contributed by atoms with Crippen molar-refractivity contribution < 1.29 is 14.3 Å². The van der Waals surface area contributed by atoms with Gasteiger partial charge in [-0.05, 0) is 42.6 Å². The molecule has 0 spiro atoms. The highest BCUT2D eigenvalue weighted by molar-refractivity contribution is 9.10. The Morgan fingerprint density at radius 1 is 1.27 bits per heavy atom. The maximum atomic E-state index is 12.9. The first kappa shape index (κ1) is 19.6. The average molecular weight is 439 g/mol. The molecule has 2 amide bonds. The Bertz CT molecular complexity index is 705. The summed E-state index contributed by atoms with van der Waals surface area (Å²) in [7, 11) is -1.13. The number of ether oxygens (including phenoxy) is 1. The summed E-state index contributed by atoms with van der Waals surface area (Å²) >= 11 is 3.45. The fourth-order valence-corrected chi connectivity index (χ4v) is 4.62. The van der Waals surface area contributed by atoms with Crippen LogP contribution in [0.25, 0.3) is 0 Å². The van der Waals surface area contributed by atoms with Gasteiger partial charge in [-0.2, -0.15) is 0 Å². The number of piperidine rings is 1. The lowest BCUT2D eigenvalue weighted by Crippen LogP contribution is -2.53. The van der Waals surface area contributed by atoms with E-state index in [-0.39, 0.29) is 17.9 Å². The van der Waals surface area contributed by atoms with Crippen LogP contribution >= 0.6 is 15.9 Å². The van der Waals surface area contributed by atoms with Gasteiger partial charge in [-0.1, -0.05) is 35.6 Å². The van der Waals surface area contributed by atoms with Gasteiger partial charge < -0.3 is 14.5 Å². The summed E-state index contributed by atoms with van der Waals surface area (Å²) in [6, 6.07) is 6.40. The molecular weight excluding hydrogens is 412 g/mol. The first-order valence-corrected chi connectivity index (χ1v) is 13.7. The number of carbonyl (C=O) groups is 2. The van der Waals surface area contributed by atoms with E-state index in [4.69, 9.17) is 4.74 Å². The predicted molar refractivity (Wildman–Crippen MR) is 108 cm³/mol. The summed E-state index contributed by atoms with van der Waals surface area (Å²) in [5.41, 5.74) is 1.70. The summed E-state index contributed by atoms with van der Waals surface area (Å²) in [5.74, 6) is -0.0168. The van der Waals surface area contributed by atoms with E-state index in [1.54, 1.807) is 9.80 Å². The second-order valence-corrected chi connectivity index (χ2v) is 14.9. The number of rotatable bonds is 6. The molecule has 0 aliphatic carbocycles. The van der Waals surface area contributed by atoms with Crippen molar-refractivity contribution >= 4 is 35.8 Å². The van der Waals surface area contributed by atoms with E-state index in [1.807, 2.05) is 18.2 Å². The summed E-state index contributed by atoms with van der Waals surface area (Å²) in [6.45, 7) is 9.19. The van der Waals surface area contributed by atoms with Crippen LogP contribution in [0.15, 0.2) is 22.7 Å². The molecule has 1 aromatic rings. The van der Waals surface area contributed by atoms with Gasteiger partial charge in [0.1, 0.15) is 12.8 Å². The van der Waals surface area contributed by atoms with Gasteiger partial charge in [-0.15, -0.1) is 0 Å². The zero-order chi connectivity index (χ0) is 18.9. The largest absolute Gasteiger partial charge is 0.361 e. The Balaban J connectivity index is 1.61. The normalized spacial score (nSPS) is 20.7. The summed E-state index contributed by atoms with van der Waals surface area (Å²) < 4.78 is 6.72. The average Bonchev–Trinajstić information content (AvgIpc) is 2.88. The Hall–Kier alpha value is -1.18. The Kier molecular flexibility index (Phi) is 5.89. The zero-order valence-corrected chi connectivity index (χ0v) is 18.3. The second kappa shape index (κ2) is 7.82. The Morgan fingerprint density at radius 2 is 2.04 bits per heavy atom. The van der Waals surface area contributed by atoms with Crippen LogP contribution in [0.2, 0.25) is 25.7 Å². The van der Waals surface area contributed by atoms with Gasteiger partial charge in [-0.3, -0.25) is 9.59 Å². The first-order chi connectivity index (χ1) is 12.3. The molecule has 26 heavy (non-hydrogen) atoms. The maximum Gasteiger partial charge on any atom is 0.255 e. The number of nitrogens with zero attached hydrogens (tertiary/aromatic N) is 2. The third kappa shape index (κ3) is 4.38. The van der Waals surface area contributed by atoms with E-state index in [1.165, 1.54) is 0 Å². The third-order valence-electron chi connectivity index (χ3n) is 5.02. The van der Waals surface area contributed by atoms with Gasteiger partial charge in [0.15, 0.2) is 0 Å². The van der Waals surface area contributed by atoms with E-state index < -0.39 is 8.07 Å². The number of hydrogen-bond donors (Lipinski definition) is 0. The standard InChI is InChI=1S/C19H27BrN2O3Si/c1-26(2,3)10-9-25-13-21-8-4-5-17(19(21)24)22-12-14-11-15(20)6-7-16(14)18(22)23/h6-7,11,17H,4-5,8-10,12-13H2,1-3H3. The van der Waals surface area contributed by atoms with E-state index in [0.29, 0.717) is 32.0 Å². The van der Waals surface area contributed by atoms with Crippen molar-refractivity contribution in [3.05, 3.63) is 33.8 Å². The minimum absolute atomic E-state index is 0.0180. The highest BCUT2D eigenvalue weighted by Gasteiger charge is 2.39. The van der Waals surface area contributed by atoms with Crippen LogP contribution in [-0.2, 0) is 16.1 Å². The lowest BCUT2D eigenvalue weighted by molar-refractivity contribution is -0.145. The van der Waals surface area contributed by atoms with Gasteiger partial charge >= 0.3 is 0 Å². The molecule has 0 aromatic heterocycles. The lowest BCUT2D eigenvalue weighted by Gasteiger charge is -2.36. The number of benzene rings is 1. The van der Waals surface area contributed by atoms with E-state index in [0.717, 1.165) is 28.9 Å². The molecule has 5 nitrogen and oxygen atoms in total. The Morgan fingerprint density at radius 3 is 2.77 bits per heavy atom. The van der Waals surface area contributed by atoms with E-state index in [9.17, 15) is 9.59 Å². The van der Waals surface area contributed by atoms with E-state index in [2.05, 4.69) is 35.6 Å². The van der Waals surface area contributed by atoms with Crippen LogP contribution < -0.4 is 0 Å². The molecule has 0 N–H and O–H groups in total. The first-order valence-electron chi connectivity index (χ1n) is 9.22. The predicted octanol–water partition coefficient (Wildman–Crippen LogP) is 3.71. The van der Waals surface area contributed by atoms with Crippen molar-refractivity contribution in [1.82, 2.24) is 9.80 Å². The molecule has 1 fully saturated rings. The highest BCUT2D eigenvalue weighted by Crippen LogP contribution is 2.30. The van der Waals surface area contributed by atoms with Crippen LogP contribution in [0.1, 0.15) is 28.8 Å². The topological polar surface area (TPSA) is 49.9 Å².